The van der Waals surface area contributed by atoms with E-state index in [1.165, 1.54) is 49.9 Å². The summed E-state index contributed by atoms with van der Waals surface area (Å²) in [4.78, 5) is 15.3. The molecule has 0 saturated heterocycles. The Balaban J connectivity index is 1.10. The highest BCUT2D eigenvalue weighted by molar-refractivity contribution is 6.04. The third kappa shape index (κ3) is 5.16. The molecule has 0 bridgehead atoms. The number of benzene rings is 8. The zero-order chi connectivity index (χ0) is 35.5. The zero-order valence-corrected chi connectivity index (χ0v) is 29.6. The molecular weight excluding hydrogens is 643 g/mol. The minimum Gasteiger partial charge on any atom is -0.208 e. The summed E-state index contributed by atoms with van der Waals surface area (Å²) >= 11 is 0. The summed E-state index contributed by atoms with van der Waals surface area (Å²) in [5.41, 5.74) is 13.2. The molecule has 250 valence electrons. The molecule has 0 fully saturated rings. The van der Waals surface area contributed by atoms with Gasteiger partial charge in [-0.15, -0.1) is 0 Å². The lowest BCUT2D eigenvalue weighted by molar-refractivity contribution is 0.660. The summed E-state index contributed by atoms with van der Waals surface area (Å²) in [7, 11) is 0. The molecule has 8 aromatic carbocycles. The Kier molecular flexibility index (Phi) is 7.16. The Morgan fingerprint density at radius 1 is 0.340 bits per heavy atom. The van der Waals surface area contributed by atoms with Gasteiger partial charge in [0.15, 0.2) is 17.5 Å². The van der Waals surface area contributed by atoms with Gasteiger partial charge in [0, 0.05) is 22.1 Å². The van der Waals surface area contributed by atoms with E-state index in [0.29, 0.717) is 17.5 Å². The molecule has 0 N–H and O–H groups in total. The third-order valence-corrected chi connectivity index (χ3v) is 10.9. The van der Waals surface area contributed by atoms with Crippen molar-refractivity contribution >= 4 is 21.5 Å². The second-order valence-corrected chi connectivity index (χ2v) is 14.4. The van der Waals surface area contributed by atoms with Crippen LogP contribution in [0.25, 0.3) is 89.1 Å². The first-order chi connectivity index (χ1) is 26.0. The molecule has 1 aliphatic carbocycles. The number of hydrogen-bond donors (Lipinski definition) is 0. The Hall–Kier alpha value is -6.71. The first kappa shape index (κ1) is 31.1. The molecule has 9 aromatic rings. The number of fused-ring (bicyclic) bond motifs is 5. The summed E-state index contributed by atoms with van der Waals surface area (Å²) in [5, 5.41) is 4.58. The maximum absolute atomic E-state index is 5.18. The van der Waals surface area contributed by atoms with E-state index in [9.17, 15) is 0 Å². The minimum atomic E-state index is -0.0358. The first-order valence-corrected chi connectivity index (χ1v) is 18.2. The Bertz CT molecular complexity index is 2860. The topological polar surface area (TPSA) is 38.7 Å². The largest absolute Gasteiger partial charge is 0.208 e. The Morgan fingerprint density at radius 3 is 1.60 bits per heavy atom. The van der Waals surface area contributed by atoms with Gasteiger partial charge in [-0.05, 0) is 78.2 Å². The fourth-order valence-corrected chi connectivity index (χ4v) is 8.26. The van der Waals surface area contributed by atoms with E-state index in [0.717, 1.165) is 32.8 Å². The smallest absolute Gasteiger partial charge is 0.164 e. The number of nitrogens with zero attached hydrogens (tertiary/aromatic N) is 3. The van der Waals surface area contributed by atoms with Crippen LogP contribution < -0.4 is 0 Å². The number of rotatable bonds is 5. The van der Waals surface area contributed by atoms with Crippen molar-refractivity contribution < 1.29 is 0 Å². The van der Waals surface area contributed by atoms with E-state index in [-0.39, 0.29) is 5.41 Å². The van der Waals surface area contributed by atoms with Crippen molar-refractivity contribution in [1.29, 1.82) is 0 Å². The Morgan fingerprint density at radius 2 is 0.849 bits per heavy atom. The van der Waals surface area contributed by atoms with Crippen LogP contribution in [0.5, 0.6) is 0 Å². The third-order valence-electron chi connectivity index (χ3n) is 10.9. The van der Waals surface area contributed by atoms with Crippen molar-refractivity contribution in [3.63, 3.8) is 0 Å². The average molecular weight is 678 g/mol. The molecule has 1 aliphatic rings. The van der Waals surface area contributed by atoms with Crippen LogP contribution in [0.3, 0.4) is 0 Å². The zero-order valence-electron chi connectivity index (χ0n) is 29.6. The van der Waals surface area contributed by atoms with E-state index in [2.05, 4.69) is 172 Å². The van der Waals surface area contributed by atoms with Crippen LogP contribution in [0.2, 0.25) is 0 Å². The quantitative estimate of drug-likeness (QED) is 0.182. The van der Waals surface area contributed by atoms with Gasteiger partial charge in [-0.3, -0.25) is 0 Å². The van der Waals surface area contributed by atoms with E-state index < -0.39 is 0 Å². The molecule has 0 amide bonds. The number of hydrogen-bond acceptors (Lipinski definition) is 3. The second-order valence-electron chi connectivity index (χ2n) is 14.4. The van der Waals surface area contributed by atoms with Gasteiger partial charge in [0.2, 0.25) is 0 Å². The van der Waals surface area contributed by atoms with Crippen molar-refractivity contribution in [3.05, 3.63) is 187 Å². The highest BCUT2D eigenvalue weighted by Gasteiger charge is 2.36. The van der Waals surface area contributed by atoms with E-state index in [1.54, 1.807) is 0 Å². The van der Waals surface area contributed by atoms with Crippen molar-refractivity contribution in [2.75, 3.05) is 0 Å². The van der Waals surface area contributed by atoms with Crippen LogP contribution in [0.1, 0.15) is 25.0 Å². The van der Waals surface area contributed by atoms with E-state index in [4.69, 9.17) is 15.0 Å². The molecule has 0 saturated carbocycles. The average Bonchev–Trinajstić information content (AvgIpc) is 3.46. The molecule has 3 heteroatoms. The Labute approximate surface area is 309 Å². The predicted octanol–water partition coefficient (Wildman–Crippen LogP) is 12.8. The van der Waals surface area contributed by atoms with Gasteiger partial charge in [-0.2, -0.15) is 0 Å². The molecular formula is C50H35N3. The predicted molar refractivity (Wildman–Crippen MR) is 220 cm³/mol. The van der Waals surface area contributed by atoms with E-state index in [1.807, 2.05) is 18.2 Å². The van der Waals surface area contributed by atoms with Crippen molar-refractivity contribution in [2.45, 2.75) is 19.3 Å². The molecule has 3 nitrogen and oxygen atoms in total. The number of aromatic nitrogens is 3. The molecule has 0 radical (unpaired) electrons. The molecule has 1 aromatic heterocycles. The SMILES string of the molecule is CC1(C)c2ccccc2-c2c(-c3ccc4cc(-c5nc(-c6ccccc6)nc(-c6cccc7c(-c8ccccc8)cccc67)n5)ccc4c3)cccc21. The first-order valence-electron chi connectivity index (χ1n) is 18.2. The molecule has 10 rings (SSSR count). The lowest BCUT2D eigenvalue weighted by atomic mass is 9.82. The maximum Gasteiger partial charge on any atom is 0.164 e. The van der Waals surface area contributed by atoms with Crippen LogP contribution in [0.4, 0.5) is 0 Å². The van der Waals surface area contributed by atoms with Crippen LogP contribution in [-0.4, -0.2) is 15.0 Å². The highest BCUT2D eigenvalue weighted by atomic mass is 15.0. The van der Waals surface area contributed by atoms with Crippen molar-refractivity contribution in [1.82, 2.24) is 15.0 Å². The fraction of sp³-hybridized carbons (Fsp3) is 0.0600. The molecule has 0 spiro atoms. The molecule has 0 atom stereocenters. The summed E-state index contributed by atoms with van der Waals surface area (Å²) in [6, 6.07) is 62.6. The van der Waals surface area contributed by atoms with Crippen LogP contribution in [-0.2, 0) is 5.41 Å². The minimum absolute atomic E-state index is 0.0358. The van der Waals surface area contributed by atoms with Gasteiger partial charge >= 0.3 is 0 Å². The van der Waals surface area contributed by atoms with E-state index >= 15 is 0 Å². The van der Waals surface area contributed by atoms with Gasteiger partial charge in [-0.1, -0.05) is 178 Å². The van der Waals surface area contributed by atoms with Gasteiger partial charge in [0.1, 0.15) is 0 Å². The van der Waals surface area contributed by atoms with Gasteiger partial charge in [0.25, 0.3) is 0 Å². The van der Waals surface area contributed by atoms with Crippen molar-refractivity contribution in [3.8, 4) is 67.5 Å². The van der Waals surface area contributed by atoms with Crippen LogP contribution >= 0.6 is 0 Å². The fourth-order valence-electron chi connectivity index (χ4n) is 8.26. The molecule has 0 unspecified atom stereocenters. The van der Waals surface area contributed by atoms with Gasteiger partial charge in [0.05, 0.1) is 0 Å². The van der Waals surface area contributed by atoms with Crippen LogP contribution in [0.15, 0.2) is 176 Å². The van der Waals surface area contributed by atoms with Gasteiger partial charge in [-0.25, -0.2) is 15.0 Å². The summed E-state index contributed by atoms with van der Waals surface area (Å²) in [5.74, 6) is 1.95. The molecule has 1 heterocycles. The summed E-state index contributed by atoms with van der Waals surface area (Å²) in [6.45, 7) is 4.67. The normalized spacial score (nSPS) is 12.9. The summed E-state index contributed by atoms with van der Waals surface area (Å²) in [6.07, 6.45) is 0. The second kappa shape index (κ2) is 12.2. The lowest BCUT2D eigenvalue weighted by Crippen LogP contribution is -2.14. The molecule has 53 heavy (non-hydrogen) atoms. The standard InChI is InChI=1S/C50H35N3/c1-50(2)44-24-10-9-18-43(44)46-39(20-13-25-45(46)50)36-28-26-35-31-37(29-27-34(35)30-36)48-51-47(33-16-7-4-8-17-33)52-49(53-48)42-23-12-21-40-38(19-11-22-41(40)42)32-14-5-3-6-15-32/h3-31H,1-2H3. The van der Waals surface area contributed by atoms with Crippen LogP contribution in [0, 0.1) is 0 Å². The summed E-state index contributed by atoms with van der Waals surface area (Å²) < 4.78 is 0. The highest BCUT2D eigenvalue weighted by Crippen LogP contribution is 2.52. The molecule has 0 aliphatic heterocycles. The van der Waals surface area contributed by atoms with Crippen molar-refractivity contribution in [2.24, 2.45) is 0 Å². The van der Waals surface area contributed by atoms with Gasteiger partial charge < -0.3 is 0 Å². The monoisotopic (exact) mass is 677 g/mol. The maximum atomic E-state index is 5.18. The lowest BCUT2D eigenvalue weighted by Gasteiger charge is -2.21.